The monoisotopic (exact) mass is 919 g/mol. The number of carbonyl (C=O) groups is 4. The summed E-state index contributed by atoms with van der Waals surface area (Å²) < 4.78 is 11.7. The molecule has 18 heteroatoms. The SMILES string of the molecule is CCOC1=CN/C(=C(/C#N)C=N)C(c2ccc(N3CCC(CN4CCN(CCOCCC(=O)N5CCN(c6ccc7c(c6)C(=O)N(C(C=O)CCC(=O)NC)C7)CC5)CC4)(NC)CC3)nc2)=C1. The molecule has 0 aliphatic carbocycles. The fourth-order valence-corrected chi connectivity index (χ4v) is 9.63. The van der Waals surface area contributed by atoms with E-state index in [-0.39, 0.29) is 41.7 Å². The van der Waals surface area contributed by atoms with Crippen molar-refractivity contribution in [3.8, 4) is 6.07 Å². The average Bonchev–Trinajstić information content (AvgIpc) is 3.70. The van der Waals surface area contributed by atoms with Crippen LogP contribution >= 0.6 is 0 Å². The lowest BCUT2D eigenvalue weighted by Gasteiger charge is -2.46. The fraction of sp³-hybridized carbons (Fsp3) is 0.531. The summed E-state index contributed by atoms with van der Waals surface area (Å²) in [6.07, 6.45) is 10.0. The molecule has 3 saturated heterocycles. The molecule has 1 unspecified atom stereocenters. The smallest absolute Gasteiger partial charge is 0.255 e. The van der Waals surface area contributed by atoms with Gasteiger partial charge < -0.3 is 55.2 Å². The van der Waals surface area contributed by atoms with Gasteiger partial charge in [-0.1, -0.05) is 6.07 Å². The van der Waals surface area contributed by atoms with Gasteiger partial charge in [-0.05, 0) is 69.1 Å². The van der Waals surface area contributed by atoms with Crippen molar-refractivity contribution in [1.29, 1.82) is 10.7 Å². The van der Waals surface area contributed by atoms with Crippen LogP contribution in [0, 0.1) is 16.7 Å². The topological polar surface area (TPSA) is 203 Å². The van der Waals surface area contributed by atoms with Gasteiger partial charge in [0.2, 0.25) is 11.8 Å². The number of piperazine rings is 2. The van der Waals surface area contributed by atoms with Crippen LogP contribution in [-0.2, 0) is 30.4 Å². The fourth-order valence-electron chi connectivity index (χ4n) is 9.63. The number of rotatable bonds is 20. The predicted octanol–water partition coefficient (Wildman–Crippen LogP) is 2.35. The van der Waals surface area contributed by atoms with Crippen molar-refractivity contribution < 1.29 is 28.7 Å². The van der Waals surface area contributed by atoms with Crippen LogP contribution < -0.4 is 25.8 Å². The number of nitriles is 1. The minimum Gasteiger partial charge on any atom is -0.492 e. The second-order valence-electron chi connectivity index (χ2n) is 17.7. The van der Waals surface area contributed by atoms with E-state index in [1.807, 2.05) is 54.4 Å². The van der Waals surface area contributed by atoms with E-state index in [9.17, 15) is 24.4 Å². The molecular weight excluding hydrogens is 853 g/mol. The lowest BCUT2D eigenvalue weighted by molar-refractivity contribution is -0.132. The number of dihydropyridines is 1. The molecule has 0 radical (unpaired) electrons. The highest BCUT2D eigenvalue weighted by atomic mass is 16.5. The Morgan fingerprint density at radius 2 is 1.75 bits per heavy atom. The predicted molar refractivity (Wildman–Crippen MR) is 256 cm³/mol. The van der Waals surface area contributed by atoms with E-state index in [1.54, 1.807) is 18.1 Å². The van der Waals surface area contributed by atoms with Crippen LogP contribution in [0.1, 0.15) is 60.5 Å². The Morgan fingerprint density at radius 3 is 2.40 bits per heavy atom. The van der Waals surface area contributed by atoms with Crippen molar-refractivity contribution >= 4 is 47.3 Å². The number of hydrogen-bond donors (Lipinski definition) is 4. The number of carbonyl (C=O) groups excluding carboxylic acids is 4. The molecule has 3 amide bonds. The molecule has 2 aromatic rings. The molecule has 3 fully saturated rings. The average molecular weight is 919 g/mol. The van der Waals surface area contributed by atoms with E-state index < -0.39 is 6.04 Å². The lowest BCUT2D eigenvalue weighted by atomic mass is 9.86. The van der Waals surface area contributed by atoms with Crippen molar-refractivity contribution in [3.05, 3.63) is 82.5 Å². The summed E-state index contributed by atoms with van der Waals surface area (Å²) in [4.78, 5) is 67.8. The molecule has 0 spiro atoms. The Balaban J connectivity index is 0.779. The van der Waals surface area contributed by atoms with Gasteiger partial charge in [0, 0.05) is 145 Å². The van der Waals surface area contributed by atoms with Crippen molar-refractivity contribution in [2.24, 2.45) is 0 Å². The van der Waals surface area contributed by atoms with Crippen LogP contribution in [0.4, 0.5) is 11.5 Å². The number of hydrogen-bond acceptors (Lipinski definition) is 15. The first-order chi connectivity index (χ1) is 32.6. The largest absolute Gasteiger partial charge is 0.492 e. The van der Waals surface area contributed by atoms with E-state index in [2.05, 4.69) is 48.7 Å². The summed E-state index contributed by atoms with van der Waals surface area (Å²) in [6, 6.07) is 11.3. The normalized spacial score (nSPS) is 19.9. The van der Waals surface area contributed by atoms with Crippen LogP contribution in [0.3, 0.4) is 0 Å². The van der Waals surface area contributed by atoms with Gasteiger partial charge in [0.1, 0.15) is 23.9 Å². The van der Waals surface area contributed by atoms with Gasteiger partial charge in [0.05, 0.1) is 43.6 Å². The van der Waals surface area contributed by atoms with Gasteiger partial charge in [-0.15, -0.1) is 0 Å². The van der Waals surface area contributed by atoms with Gasteiger partial charge in [0.25, 0.3) is 5.91 Å². The maximum Gasteiger partial charge on any atom is 0.255 e. The number of anilines is 2. The number of allylic oxidation sites excluding steroid dienone is 3. The number of piperidine rings is 1. The van der Waals surface area contributed by atoms with E-state index in [4.69, 9.17) is 19.9 Å². The van der Waals surface area contributed by atoms with E-state index in [1.165, 1.54) is 0 Å². The number of aromatic nitrogens is 1. The number of likely N-dealkylation sites (N-methyl/N-ethyl adjacent to an activating group) is 1. The zero-order valence-corrected chi connectivity index (χ0v) is 39.2. The molecule has 1 aromatic heterocycles. The zero-order valence-electron chi connectivity index (χ0n) is 39.2. The number of aldehydes is 1. The number of pyridine rings is 1. The molecule has 4 N–H and O–H groups in total. The van der Waals surface area contributed by atoms with Gasteiger partial charge in [0.15, 0.2) is 0 Å². The third kappa shape index (κ3) is 11.9. The Morgan fingerprint density at radius 1 is 0.985 bits per heavy atom. The summed E-state index contributed by atoms with van der Waals surface area (Å²) in [5, 5.41) is 26.7. The third-order valence-corrected chi connectivity index (χ3v) is 13.8. The Hall–Kier alpha value is -6.13. The first-order valence-corrected chi connectivity index (χ1v) is 23.6. The number of amides is 3. The standard InChI is InChI=1S/C49H66N12O6/c1-4-67-41-28-42(47(55-32-41)38(29-50)30-51)36-6-9-44(54-31-36)59-14-12-49(53-3,13-15-59)35-57-18-16-56(17-19-57)24-26-66-25-11-46(64)60-22-20-58(21-23-60)39-7-5-37-33-61(48(65)43(37)27-39)40(34-62)8-10-45(63)52-2/h5-7,9,27-29,31-32,34,40,50,53,55H,4,8,10-26,33,35H2,1-3H3,(H,52,63)/b47-38+,50-29?. The summed E-state index contributed by atoms with van der Waals surface area (Å²) in [5.74, 6) is 1.30. The van der Waals surface area contributed by atoms with Crippen molar-refractivity contribution in [3.63, 3.8) is 0 Å². The first-order valence-electron chi connectivity index (χ1n) is 23.6. The quantitative estimate of drug-likeness (QED) is 0.0653. The van der Waals surface area contributed by atoms with E-state index in [0.717, 1.165) is 106 Å². The highest BCUT2D eigenvalue weighted by molar-refractivity contribution is 6.00. The molecule has 0 bridgehead atoms. The van der Waals surface area contributed by atoms with Gasteiger partial charge in [-0.25, -0.2) is 4.98 Å². The second kappa shape index (κ2) is 23.1. The summed E-state index contributed by atoms with van der Waals surface area (Å²) >= 11 is 0. The van der Waals surface area contributed by atoms with Crippen molar-refractivity contribution in [1.82, 2.24) is 40.5 Å². The summed E-state index contributed by atoms with van der Waals surface area (Å²) in [6.45, 7) is 13.8. The minimum atomic E-state index is -0.654. The second-order valence-corrected chi connectivity index (χ2v) is 17.7. The molecule has 7 rings (SSSR count). The van der Waals surface area contributed by atoms with Crippen LogP contribution in [0.15, 0.2) is 65.8 Å². The molecule has 1 aromatic carbocycles. The lowest BCUT2D eigenvalue weighted by Crippen LogP contribution is -2.60. The minimum absolute atomic E-state index is 0.0196. The number of nitrogens with zero attached hydrogens (tertiary/aromatic N) is 8. The summed E-state index contributed by atoms with van der Waals surface area (Å²) in [7, 11) is 3.63. The van der Waals surface area contributed by atoms with Crippen LogP contribution in [0.2, 0.25) is 0 Å². The number of benzene rings is 1. The molecule has 67 heavy (non-hydrogen) atoms. The van der Waals surface area contributed by atoms with E-state index >= 15 is 0 Å². The van der Waals surface area contributed by atoms with Gasteiger partial charge in [-0.3, -0.25) is 24.2 Å². The summed E-state index contributed by atoms with van der Waals surface area (Å²) in [5.41, 5.74) is 4.79. The van der Waals surface area contributed by atoms with Gasteiger partial charge >= 0.3 is 0 Å². The van der Waals surface area contributed by atoms with Gasteiger partial charge in [-0.2, -0.15) is 5.26 Å². The Kier molecular flexibility index (Phi) is 16.8. The van der Waals surface area contributed by atoms with Crippen LogP contribution in [0.5, 0.6) is 0 Å². The Labute approximate surface area is 394 Å². The third-order valence-electron chi connectivity index (χ3n) is 13.8. The zero-order chi connectivity index (χ0) is 47.3. The molecule has 18 nitrogen and oxygen atoms in total. The van der Waals surface area contributed by atoms with Crippen LogP contribution in [-0.4, -0.2) is 179 Å². The molecule has 5 aliphatic rings. The number of ether oxygens (including phenoxy) is 2. The highest BCUT2D eigenvalue weighted by Gasteiger charge is 2.37. The Bertz CT molecular complexity index is 2230. The molecule has 358 valence electrons. The van der Waals surface area contributed by atoms with Crippen LogP contribution in [0.25, 0.3) is 5.57 Å². The highest BCUT2D eigenvalue weighted by Crippen LogP contribution is 2.32. The molecule has 6 heterocycles. The molecule has 0 saturated carbocycles. The first kappa shape index (κ1) is 48.8. The number of nitrogens with one attached hydrogen (secondary N) is 4. The maximum atomic E-state index is 13.3. The van der Waals surface area contributed by atoms with Crippen molar-refractivity contribution in [2.75, 3.05) is 122 Å². The molecule has 5 aliphatic heterocycles. The number of fused-ring (bicyclic) bond motifs is 1. The molecular formula is C49H66N12O6. The maximum absolute atomic E-state index is 13.3. The van der Waals surface area contributed by atoms with Crippen molar-refractivity contribution in [2.45, 2.75) is 57.2 Å². The van der Waals surface area contributed by atoms with E-state index in [0.29, 0.717) is 76.0 Å². The molecule has 1 atom stereocenters.